The quantitative estimate of drug-likeness (QED) is 0.277. The average Bonchev–Trinajstić information content (AvgIpc) is 3.52. The predicted molar refractivity (Wildman–Crippen MR) is 113 cm³/mol. The van der Waals surface area contributed by atoms with Gasteiger partial charge in [-0.05, 0) is 45.2 Å². The zero-order valence-corrected chi connectivity index (χ0v) is 17.7. The van der Waals surface area contributed by atoms with E-state index >= 15 is 0 Å². The van der Waals surface area contributed by atoms with E-state index in [1.54, 1.807) is 13.8 Å². The molecule has 0 saturated heterocycles. The van der Waals surface area contributed by atoms with Crippen molar-refractivity contribution in [3.8, 4) is 0 Å². The molecule has 0 unspecified atom stereocenters. The maximum Gasteiger partial charge on any atom is 0.339 e. The number of nitrogens with one attached hydrogen (secondary N) is 1. The minimum atomic E-state index is -0.438. The Balaban J connectivity index is 1.66. The number of methoxy groups -OCH3 is 1. The minimum Gasteiger partial charge on any atom is -0.465 e. The maximum absolute atomic E-state index is 13.2. The third-order valence-electron chi connectivity index (χ3n) is 5.26. The molecule has 1 atom stereocenters. The number of aromatic amines is 1. The van der Waals surface area contributed by atoms with Crippen LogP contribution >= 0.6 is 11.8 Å². The van der Waals surface area contributed by atoms with Crippen LogP contribution < -0.4 is 0 Å². The highest BCUT2D eigenvalue weighted by atomic mass is 32.2. The van der Waals surface area contributed by atoms with Crippen molar-refractivity contribution in [1.82, 2.24) is 15.0 Å². The lowest BCUT2D eigenvalue weighted by atomic mass is 10.1. The molecule has 150 valence electrons. The Morgan fingerprint density at radius 2 is 1.93 bits per heavy atom. The number of H-pyrrole nitrogens is 1. The first-order valence-corrected chi connectivity index (χ1v) is 10.5. The van der Waals surface area contributed by atoms with E-state index in [4.69, 9.17) is 14.7 Å². The minimum absolute atomic E-state index is 0.0681. The van der Waals surface area contributed by atoms with Crippen LogP contribution in [0.1, 0.15) is 63.6 Å². The molecular weight excluding hydrogens is 386 g/mol. The normalized spacial score (nSPS) is 14.8. The highest BCUT2D eigenvalue weighted by molar-refractivity contribution is 8.00. The highest BCUT2D eigenvalue weighted by Gasteiger charge is 2.29. The number of hydrogen-bond donors (Lipinski definition) is 1. The molecule has 1 N–H and O–H groups in total. The Labute approximate surface area is 173 Å². The first-order chi connectivity index (χ1) is 13.9. The van der Waals surface area contributed by atoms with Crippen LogP contribution in [0.25, 0.3) is 10.9 Å². The molecule has 2 aromatic heterocycles. The average molecular weight is 410 g/mol. The van der Waals surface area contributed by atoms with Crippen LogP contribution in [0.5, 0.6) is 0 Å². The smallest absolute Gasteiger partial charge is 0.339 e. The van der Waals surface area contributed by atoms with Gasteiger partial charge in [-0.3, -0.25) is 4.79 Å². The fraction of sp³-hybridized carbons (Fsp3) is 0.364. The second kappa shape index (κ2) is 7.63. The summed E-state index contributed by atoms with van der Waals surface area (Å²) < 4.78 is 4.84. The molecule has 1 aliphatic rings. The summed E-state index contributed by atoms with van der Waals surface area (Å²) in [6.07, 6.45) is 2.24. The van der Waals surface area contributed by atoms with Gasteiger partial charge in [-0.1, -0.05) is 30.0 Å². The van der Waals surface area contributed by atoms with Crippen LogP contribution in [0.15, 0.2) is 29.3 Å². The van der Waals surface area contributed by atoms with Crippen molar-refractivity contribution in [1.29, 1.82) is 0 Å². The SMILES string of the molecule is COC(=O)c1c(C)[nH]c(C(=O)[C@@H](C)Sc2nc(C3CC3)nc3ccccc23)c1C. The van der Waals surface area contributed by atoms with E-state index in [1.807, 2.05) is 31.2 Å². The van der Waals surface area contributed by atoms with E-state index in [0.29, 0.717) is 28.4 Å². The zero-order chi connectivity index (χ0) is 20.7. The van der Waals surface area contributed by atoms with Gasteiger partial charge in [-0.2, -0.15) is 0 Å². The van der Waals surface area contributed by atoms with Gasteiger partial charge >= 0.3 is 5.97 Å². The summed E-state index contributed by atoms with van der Waals surface area (Å²) in [5, 5.41) is 1.41. The van der Waals surface area contributed by atoms with E-state index in [9.17, 15) is 9.59 Å². The Morgan fingerprint density at radius 1 is 1.21 bits per heavy atom. The van der Waals surface area contributed by atoms with Gasteiger partial charge in [-0.15, -0.1) is 0 Å². The molecule has 29 heavy (non-hydrogen) atoms. The number of para-hydroxylation sites is 1. The molecule has 1 aromatic carbocycles. The molecule has 3 aromatic rings. The number of rotatable bonds is 6. The standard InChI is InChI=1S/C22H23N3O3S/c1-11-17(22(27)28-4)12(2)23-18(11)19(26)13(3)29-21-15-7-5-6-8-16(15)24-20(25-21)14-9-10-14/h5-8,13-14,23H,9-10H2,1-4H3/t13-/m1/s1. The van der Waals surface area contributed by atoms with E-state index in [0.717, 1.165) is 34.6 Å². The van der Waals surface area contributed by atoms with Crippen LogP contribution in [-0.4, -0.2) is 39.1 Å². The summed E-state index contributed by atoms with van der Waals surface area (Å²) in [4.78, 5) is 37.8. The van der Waals surface area contributed by atoms with Crippen LogP contribution in [0.2, 0.25) is 0 Å². The van der Waals surface area contributed by atoms with Gasteiger partial charge in [0.25, 0.3) is 0 Å². The lowest BCUT2D eigenvalue weighted by molar-refractivity contribution is 0.0599. The molecule has 0 amide bonds. The van der Waals surface area contributed by atoms with Crippen molar-refractivity contribution in [3.05, 3.63) is 52.6 Å². The monoisotopic (exact) mass is 409 g/mol. The first kappa shape index (κ1) is 19.6. The number of esters is 1. The summed E-state index contributed by atoms with van der Waals surface area (Å²) in [5.74, 6) is 0.791. The maximum atomic E-state index is 13.2. The number of thioether (sulfide) groups is 1. The molecule has 6 nitrogen and oxygen atoms in total. The van der Waals surface area contributed by atoms with Gasteiger partial charge in [0.15, 0.2) is 5.78 Å². The number of carbonyl (C=O) groups excluding carboxylic acids is 2. The Bertz CT molecular complexity index is 1120. The third kappa shape index (κ3) is 3.67. The molecule has 1 aliphatic carbocycles. The first-order valence-electron chi connectivity index (χ1n) is 9.65. The fourth-order valence-corrected chi connectivity index (χ4v) is 4.51. The third-order valence-corrected chi connectivity index (χ3v) is 6.36. The van der Waals surface area contributed by atoms with Crippen molar-refractivity contribution in [2.75, 3.05) is 7.11 Å². The number of carbonyl (C=O) groups is 2. The van der Waals surface area contributed by atoms with Gasteiger partial charge < -0.3 is 9.72 Å². The van der Waals surface area contributed by atoms with Crippen LogP contribution in [0.3, 0.4) is 0 Å². The molecule has 0 bridgehead atoms. The number of benzene rings is 1. The van der Waals surface area contributed by atoms with E-state index in [-0.39, 0.29) is 11.0 Å². The van der Waals surface area contributed by atoms with Crippen molar-refractivity contribution in [2.45, 2.75) is 49.8 Å². The van der Waals surface area contributed by atoms with E-state index in [1.165, 1.54) is 18.9 Å². The molecule has 0 spiro atoms. The number of nitrogens with zero attached hydrogens (tertiary/aromatic N) is 2. The van der Waals surface area contributed by atoms with Crippen molar-refractivity contribution < 1.29 is 14.3 Å². The second-order valence-electron chi connectivity index (χ2n) is 7.42. The highest BCUT2D eigenvalue weighted by Crippen LogP contribution is 2.40. The van der Waals surface area contributed by atoms with Crippen molar-refractivity contribution in [3.63, 3.8) is 0 Å². The van der Waals surface area contributed by atoms with Gasteiger partial charge in [0.1, 0.15) is 10.9 Å². The van der Waals surface area contributed by atoms with Gasteiger partial charge in [0.05, 0.1) is 29.1 Å². The number of Topliss-reactive ketones (excluding diaryl/α,β-unsaturated/α-hetero) is 1. The fourth-order valence-electron chi connectivity index (χ4n) is 3.51. The van der Waals surface area contributed by atoms with Crippen LogP contribution in [-0.2, 0) is 4.74 Å². The van der Waals surface area contributed by atoms with Gasteiger partial charge in [0.2, 0.25) is 0 Å². The van der Waals surface area contributed by atoms with E-state index in [2.05, 4.69) is 4.98 Å². The summed E-state index contributed by atoms with van der Waals surface area (Å²) in [7, 11) is 1.34. The summed E-state index contributed by atoms with van der Waals surface area (Å²) in [5.41, 5.74) is 3.04. The number of fused-ring (bicyclic) bond motifs is 1. The molecular formula is C22H23N3O3S. The molecule has 2 heterocycles. The van der Waals surface area contributed by atoms with Gasteiger partial charge in [0, 0.05) is 17.0 Å². The van der Waals surface area contributed by atoms with Crippen molar-refractivity contribution in [2.24, 2.45) is 0 Å². The number of ketones is 1. The topological polar surface area (TPSA) is 84.9 Å². The summed E-state index contributed by atoms with van der Waals surface area (Å²) in [6.45, 7) is 5.41. The lowest BCUT2D eigenvalue weighted by Crippen LogP contribution is -2.16. The number of aromatic nitrogens is 3. The Morgan fingerprint density at radius 3 is 2.62 bits per heavy atom. The predicted octanol–water partition coefficient (Wildman–Crippen LogP) is 4.60. The molecule has 7 heteroatoms. The molecule has 1 fully saturated rings. The summed E-state index contributed by atoms with van der Waals surface area (Å²) in [6, 6.07) is 7.90. The second-order valence-corrected chi connectivity index (χ2v) is 8.75. The number of ether oxygens (including phenoxy) is 1. The Hall–Kier alpha value is -2.67. The molecule has 0 radical (unpaired) electrons. The number of aryl methyl sites for hydroxylation is 1. The molecule has 1 saturated carbocycles. The lowest BCUT2D eigenvalue weighted by Gasteiger charge is -2.12. The molecule has 4 rings (SSSR count). The van der Waals surface area contributed by atoms with Crippen LogP contribution in [0, 0.1) is 13.8 Å². The van der Waals surface area contributed by atoms with E-state index < -0.39 is 5.97 Å². The Kier molecular flexibility index (Phi) is 5.17. The number of hydrogen-bond acceptors (Lipinski definition) is 6. The molecule has 0 aliphatic heterocycles. The van der Waals surface area contributed by atoms with Gasteiger partial charge in [-0.25, -0.2) is 14.8 Å². The van der Waals surface area contributed by atoms with Crippen LogP contribution in [0.4, 0.5) is 0 Å². The summed E-state index contributed by atoms with van der Waals surface area (Å²) >= 11 is 1.44. The largest absolute Gasteiger partial charge is 0.465 e. The zero-order valence-electron chi connectivity index (χ0n) is 16.9. The van der Waals surface area contributed by atoms with Crippen molar-refractivity contribution >= 4 is 34.4 Å².